The number of rotatable bonds is 5. The number of Topliss-reactive ketones (excluding diaryl/α,β-unsaturated/α-hetero) is 1. The number of carbonyl (C=O) groups is 1. The monoisotopic (exact) mass is 204 g/mol. The van der Waals surface area contributed by atoms with Gasteiger partial charge in [-0.1, -0.05) is 13.8 Å². The number of hydrogen-bond donors (Lipinski definition) is 0. The van der Waals surface area contributed by atoms with Gasteiger partial charge in [-0.2, -0.15) is 0 Å². The molecule has 0 saturated heterocycles. The molecule has 15 heavy (non-hydrogen) atoms. The van der Waals surface area contributed by atoms with E-state index in [4.69, 9.17) is 0 Å². The first kappa shape index (κ1) is 11.6. The standard InChI is InChI=1S/C12H16N2O/c1-10(2)8-14-7-5-12(15)11-4-3-6-13-9-11/h3-4,6-7,9-10H,5,8H2,1-2H3. The number of nitrogens with zero attached hydrogens (tertiary/aromatic N) is 2. The third-order valence-corrected chi connectivity index (χ3v) is 1.86. The highest BCUT2D eigenvalue weighted by Crippen LogP contribution is 1.99. The van der Waals surface area contributed by atoms with E-state index >= 15 is 0 Å². The molecule has 1 heterocycles. The van der Waals surface area contributed by atoms with Crippen molar-refractivity contribution in [2.75, 3.05) is 6.54 Å². The zero-order valence-electron chi connectivity index (χ0n) is 9.18. The van der Waals surface area contributed by atoms with E-state index in [1.54, 1.807) is 30.7 Å². The molecule has 0 aliphatic heterocycles. The number of carbonyl (C=O) groups excluding carboxylic acids is 1. The zero-order chi connectivity index (χ0) is 11.1. The number of hydrogen-bond acceptors (Lipinski definition) is 3. The van der Waals surface area contributed by atoms with Gasteiger partial charge in [-0.3, -0.25) is 14.8 Å². The summed E-state index contributed by atoms with van der Waals surface area (Å²) in [5.41, 5.74) is 0.647. The minimum atomic E-state index is 0.0654. The Morgan fingerprint density at radius 2 is 2.40 bits per heavy atom. The van der Waals surface area contributed by atoms with Gasteiger partial charge in [0.15, 0.2) is 5.78 Å². The fourth-order valence-corrected chi connectivity index (χ4v) is 1.08. The number of aromatic nitrogens is 1. The second-order valence-corrected chi connectivity index (χ2v) is 3.81. The summed E-state index contributed by atoms with van der Waals surface area (Å²) in [6.07, 6.45) is 5.29. The number of ketones is 1. The van der Waals surface area contributed by atoms with Crippen LogP contribution in [0.2, 0.25) is 0 Å². The highest BCUT2D eigenvalue weighted by atomic mass is 16.1. The molecule has 1 aromatic rings. The Hall–Kier alpha value is -1.51. The lowest BCUT2D eigenvalue weighted by molar-refractivity contribution is 0.100. The summed E-state index contributed by atoms with van der Waals surface area (Å²) in [6.45, 7) is 4.97. The lowest BCUT2D eigenvalue weighted by Gasteiger charge is -1.97. The lowest BCUT2D eigenvalue weighted by atomic mass is 10.1. The van der Waals surface area contributed by atoms with Crippen molar-refractivity contribution >= 4 is 12.0 Å². The van der Waals surface area contributed by atoms with Crippen LogP contribution in [-0.4, -0.2) is 23.5 Å². The third-order valence-electron chi connectivity index (χ3n) is 1.86. The molecule has 0 spiro atoms. The molecule has 0 aliphatic rings. The van der Waals surface area contributed by atoms with E-state index in [1.165, 1.54) is 0 Å². The molecular formula is C12H16N2O. The molecular weight excluding hydrogens is 188 g/mol. The van der Waals surface area contributed by atoms with Crippen molar-refractivity contribution in [3.05, 3.63) is 30.1 Å². The van der Waals surface area contributed by atoms with Crippen molar-refractivity contribution in [3.63, 3.8) is 0 Å². The fourth-order valence-electron chi connectivity index (χ4n) is 1.08. The van der Waals surface area contributed by atoms with Crippen LogP contribution in [0.3, 0.4) is 0 Å². The predicted molar refractivity (Wildman–Crippen MR) is 61.4 cm³/mol. The smallest absolute Gasteiger partial charge is 0.169 e. The van der Waals surface area contributed by atoms with Gasteiger partial charge < -0.3 is 0 Å². The van der Waals surface area contributed by atoms with Gasteiger partial charge in [0.1, 0.15) is 0 Å². The molecule has 3 nitrogen and oxygen atoms in total. The van der Waals surface area contributed by atoms with Gasteiger partial charge in [-0.05, 0) is 18.1 Å². The van der Waals surface area contributed by atoms with Crippen molar-refractivity contribution in [2.45, 2.75) is 20.3 Å². The molecule has 0 N–H and O–H groups in total. The molecule has 0 radical (unpaired) electrons. The van der Waals surface area contributed by atoms with E-state index in [0.29, 0.717) is 17.9 Å². The normalized spacial score (nSPS) is 11.1. The van der Waals surface area contributed by atoms with E-state index in [2.05, 4.69) is 23.8 Å². The minimum Gasteiger partial charge on any atom is -0.297 e. The van der Waals surface area contributed by atoms with Crippen LogP contribution >= 0.6 is 0 Å². The highest BCUT2D eigenvalue weighted by Gasteiger charge is 2.02. The topological polar surface area (TPSA) is 42.3 Å². The summed E-state index contributed by atoms with van der Waals surface area (Å²) in [7, 11) is 0. The second kappa shape index (κ2) is 6.06. The zero-order valence-corrected chi connectivity index (χ0v) is 9.18. The van der Waals surface area contributed by atoms with Crippen LogP contribution in [0.5, 0.6) is 0 Å². The summed E-state index contributed by atoms with van der Waals surface area (Å²) in [5.74, 6) is 0.602. The maximum Gasteiger partial charge on any atom is 0.169 e. The van der Waals surface area contributed by atoms with Crippen molar-refractivity contribution in [1.82, 2.24) is 4.98 Å². The minimum absolute atomic E-state index is 0.0654. The van der Waals surface area contributed by atoms with Gasteiger partial charge in [0.2, 0.25) is 0 Å². The first-order valence-corrected chi connectivity index (χ1v) is 5.11. The van der Waals surface area contributed by atoms with Crippen molar-refractivity contribution in [2.24, 2.45) is 10.9 Å². The Bertz CT molecular complexity index is 331. The molecule has 0 aliphatic carbocycles. The second-order valence-electron chi connectivity index (χ2n) is 3.81. The maximum absolute atomic E-state index is 11.6. The number of aliphatic imine (C=N–C) groups is 1. The molecule has 0 aromatic carbocycles. The Balaban J connectivity index is 2.40. The Labute approximate surface area is 90.3 Å². The highest BCUT2D eigenvalue weighted by molar-refractivity contribution is 6.03. The van der Waals surface area contributed by atoms with Gasteiger partial charge >= 0.3 is 0 Å². The average Bonchev–Trinajstić information content (AvgIpc) is 2.25. The van der Waals surface area contributed by atoms with Gasteiger partial charge in [0.05, 0.1) is 0 Å². The Morgan fingerprint density at radius 1 is 1.60 bits per heavy atom. The molecule has 0 saturated carbocycles. The van der Waals surface area contributed by atoms with E-state index in [0.717, 1.165) is 6.54 Å². The van der Waals surface area contributed by atoms with E-state index < -0.39 is 0 Å². The fraction of sp³-hybridized carbons (Fsp3) is 0.417. The summed E-state index contributed by atoms with van der Waals surface area (Å²) >= 11 is 0. The van der Waals surface area contributed by atoms with E-state index in [-0.39, 0.29) is 5.78 Å². The van der Waals surface area contributed by atoms with Crippen molar-refractivity contribution in [3.8, 4) is 0 Å². The summed E-state index contributed by atoms with van der Waals surface area (Å²) in [5, 5.41) is 0. The molecule has 1 rings (SSSR count). The van der Waals surface area contributed by atoms with Crippen molar-refractivity contribution in [1.29, 1.82) is 0 Å². The van der Waals surface area contributed by atoms with Gasteiger partial charge in [0.25, 0.3) is 0 Å². The maximum atomic E-state index is 11.6. The molecule has 0 fully saturated rings. The molecule has 0 bridgehead atoms. The van der Waals surface area contributed by atoms with E-state index in [1.807, 2.05) is 0 Å². The summed E-state index contributed by atoms with van der Waals surface area (Å²) in [6, 6.07) is 3.53. The molecule has 0 amide bonds. The van der Waals surface area contributed by atoms with Crippen LogP contribution < -0.4 is 0 Å². The predicted octanol–water partition coefficient (Wildman–Crippen LogP) is 2.38. The number of pyridine rings is 1. The summed E-state index contributed by atoms with van der Waals surface area (Å²) < 4.78 is 0. The van der Waals surface area contributed by atoms with Gasteiger partial charge in [-0.25, -0.2) is 0 Å². The van der Waals surface area contributed by atoms with Crippen LogP contribution in [0.4, 0.5) is 0 Å². The quantitative estimate of drug-likeness (QED) is 0.546. The average molecular weight is 204 g/mol. The van der Waals surface area contributed by atoms with Crippen molar-refractivity contribution < 1.29 is 4.79 Å². The molecule has 80 valence electrons. The van der Waals surface area contributed by atoms with Gasteiger partial charge in [-0.15, -0.1) is 0 Å². The van der Waals surface area contributed by atoms with Crippen LogP contribution in [0.25, 0.3) is 0 Å². The molecule has 1 aromatic heterocycles. The third kappa shape index (κ3) is 4.49. The van der Waals surface area contributed by atoms with Gasteiger partial charge in [0, 0.05) is 37.1 Å². The first-order valence-electron chi connectivity index (χ1n) is 5.11. The van der Waals surface area contributed by atoms with Crippen LogP contribution in [0.1, 0.15) is 30.6 Å². The summed E-state index contributed by atoms with van der Waals surface area (Å²) in [4.78, 5) is 19.6. The van der Waals surface area contributed by atoms with Crippen LogP contribution in [-0.2, 0) is 0 Å². The molecule has 3 heteroatoms. The SMILES string of the molecule is CC(C)CN=CCC(=O)c1cccnc1. The molecule has 0 unspecified atom stereocenters. The lowest BCUT2D eigenvalue weighted by Crippen LogP contribution is -2.01. The molecule has 0 atom stereocenters. The van der Waals surface area contributed by atoms with Crippen LogP contribution in [0.15, 0.2) is 29.5 Å². The van der Waals surface area contributed by atoms with E-state index in [9.17, 15) is 4.79 Å². The first-order chi connectivity index (χ1) is 7.20. The van der Waals surface area contributed by atoms with Crippen LogP contribution in [0, 0.1) is 5.92 Å². The largest absolute Gasteiger partial charge is 0.297 e. The Morgan fingerprint density at radius 3 is 3.00 bits per heavy atom. The Kier molecular flexibility index (Phi) is 4.68.